The maximum atomic E-state index is 13.7. The van der Waals surface area contributed by atoms with E-state index in [9.17, 15) is 18.0 Å². The van der Waals surface area contributed by atoms with Crippen LogP contribution in [-0.4, -0.2) is 65.0 Å². The van der Waals surface area contributed by atoms with Gasteiger partial charge >= 0.3 is 6.18 Å². The van der Waals surface area contributed by atoms with E-state index in [4.69, 9.17) is 11.6 Å². The summed E-state index contributed by atoms with van der Waals surface area (Å²) in [7, 11) is 0. The van der Waals surface area contributed by atoms with E-state index in [0.717, 1.165) is 23.0 Å². The van der Waals surface area contributed by atoms with E-state index in [1.54, 1.807) is 30.9 Å². The van der Waals surface area contributed by atoms with Gasteiger partial charge in [0, 0.05) is 80.6 Å². The summed E-state index contributed by atoms with van der Waals surface area (Å²) < 4.78 is 41.2. The van der Waals surface area contributed by atoms with E-state index in [1.165, 1.54) is 12.1 Å². The Labute approximate surface area is 245 Å². The molecule has 1 saturated heterocycles. The van der Waals surface area contributed by atoms with E-state index in [1.807, 2.05) is 34.1 Å². The van der Waals surface area contributed by atoms with Gasteiger partial charge in [-0.05, 0) is 47.5 Å². The lowest BCUT2D eigenvalue weighted by Crippen LogP contribution is -2.49. The van der Waals surface area contributed by atoms with Crippen molar-refractivity contribution in [3.05, 3.63) is 95.0 Å². The van der Waals surface area contributed by atoms with E-state index in [0.29, 0.717) is 56.3 Å². The van der Waals surface area contributed by atoms with E-state index >= 15 is 0 Å². The number of aromatic nitrogens is 3. The fourth-order valence-electron chi connectivity index (χ4n) is 5.37. The Morgan fingerprint density at radius 3 is 2.52 bits per heavy atom. The number of halogens is 4. The topological polar surface area (TPSA) is 77.5 Å². The molecule has 0 radical (unpaired) electrons. The van der Waals surface area contributed by atoms with Crippen molar-refractivity contribution in [1.29, 1.82) is 0 Å². The summed E-state index contributed by atoms with van der Waals surface area (Å²) >= 11 is 6.07. The van der Waals surface area contributed by atoms with Crippen LogP contribution in [-0.2, 0) is 12.7 Å². The Hall–Kier alpha value is -4.38. The first-order valence-electron chi connectivity index (χ1n) is 13.5. The highest BCUT2D eigenvalue weighted by Gasteiger charge is 2.34. The third kappa shape index (κ3) is 5.82. The SMILES string of the molecule is O=C(c1cccc(-c2cnc3c(c2)N(Cc2cc(Cl)ccc2C(F)(F)F)CCN3)c1)N1CCN(c2cnccn2)CC1. The maximum absolute atomic E-state index is 13.7. The Kier molecular flexibility index (Phi) is 7.59. The normalized spacial score (nSPS) is 15.3. The van der Waals surface area contributed by atoms with Gasteiger partial charge in [-0.2, -0.15) is 13.2 Å². The van der Waals surface area contributed by atoms with Gasteiger partial charge in [0.1, 0.15) is 11.6 Å². The lowest BCUT2D eigenvalue weighted by Gasteiger charge is -2.35. The number of benzene rings is 2. The molecular formula is C30H27ClF3N7O. The number of nitrogens with one attached hydrogen (secondary N) is 1. The van der Waals surface area contributed by atoms with Crippen molar-refractivity contribution < 1.29 is 18.0 Å². The summed E-state index contributed by atoms with van der Waals surface area (Å²) in [5, 5.41) is 3.47. The summed E-state index contributed by atoms with van der Waals surface area (Å²) in [6, 6.07) is 12.9. The Morgan fingerprint density at radius 1 is 0.929 bits per heavy atom. The van der Waals surface area contributed by atoms with Crippen molar-refractivity contribution in [3.63, 3.8) is 0 Å². The number of carbonyl (C=O) groups excluding carboxylic acids is 1. The van der Waals surface area contributed by atoms with Crippen molar-refractivity contribution in [2.75, 3.05) is 54.4 Å². The average molecular weight is 594 g/mol. The number of anilines is 3. The van der Waals surface area contributed by atoms with Gasteiger partial charge in [0.25, 0.3) is 5.91 Å². The van der Waals surface area contributed by atoms with E-state index in [2.05, 4.69) is 25.2 Å². The van der Waals surface area contributed by atoms with Crippen molar-refractivity contribution in [1.82, 2.24) is 19.9 Å². The quantitative estimate of drug-likeness (QED) is 0.323. The van der Waals surface area contributed by atoms with E-state index < -0.39 is 11.7 Å². The number of alkyl halides is 3. The number of piperazine rings is 1. The highest BCUT2D eigenvalue weighted by molar-refractivity contribution is 6.30. The molecule has 1 fully saturated rings. The standard InChI is InChI=1S/C30H27ClF3N7O/c31-24-4-5-25(30(32,33)34)23(15-24)19-41-9-8-37-28-26(41)16-22(17-38-28)20-2-1-3-21(14-20)29(42)40-12-10-39(11-13-40)27-18-35-6-7-36-27/h1-7,14-18H,8-13,19H2,(H,37,38). The first kappa shape index (κ1) is 27.8. The van der Waals surface area contributed by atoms with Gasteiger partial charge in [0.2, 0.25) is 0 Å². The minimum Gasteiger partial charge on any atom is -0.367 e. The second-order valence-electron chi connectivity index (χ2n) is 10.2. The van der Waals surface area contributed by atoms with Gasteiger partial charge < -0.3 is 20.0 Å². The predicted octanol–water partition coefficient (Wildman–Crippen LogP) is 5.61. The largest absolute Gasteiger partial charge is 0.416 e. The molecule has 42 heavy (non-hydrogen) atoms. The maximum Gasteiger partial charge on any atom is 0.416 e. The molecule has 1 amide bonds. The van der Waals surface area contributed by atoms with Crippen molar-refractivity contribution >= 4 is 34.8 Å². The number of carbonyl (C=O) groups is 1. The van der Waals surface area contributed by atoms with Gasteiger partial charge in [-0.25, -0.2) is 9.97 Å². The fraction of sp³-hybridized carbons (Fsp3) is 0.267. The third-order valence-corrected chi connectivity index (χ3v) is 7.73. The second kappa shape index (κ2) is 11.5. The summed E-state index contributed by atoms with van der Waals surface area (Å²) in [4.78, 5) is 32.2. The molecule has 0 unspecified atom stereocenters. The van der Waals surface area contributed by atoms with Crippen LogP contribution >= 0.6 is 11.6 Å². The number of fused-ring (bicyclic) bond motifs is 1. The van der Waals surface area contributed by atoms with Crippen LogP contribution in [0.4, 0.5) is 30.5 Å². The van der Waals surface area contributed by atoms with Crippen LogP contribution in [0.25, 0.3) is 11.1 Å². The molecule has 0 atom stereocenters. The fourth-order valence-corrected chi connectivity index (χ4v) is 5.56. The number of nitrogens with zero attached hydrogens (tertiary/aromatic N) is 6. The molecule has 8 nitrogen and oxygen atoms in total. The molecule has 2 aliphatic heterocycles. The molecule has 2 aliphatic rings. The van der Waals surface area contributed by atoms with Crippen LogP contribution in [0.5, 0.6) is 0 Å². The molecule has 2 aromatic heterocycles. The number of hydrogen-bond acceptors (Lipinski definition) is 7. The second-order valence-corrected chi connectivity index (χ2v) is 10.6. The minimum atomic E-state index is -4.49. The zero-order valence-corrected chi connectivity index (χ0v) is 23.2. The minimum absolute atomic E-state index is 0.0221. The molecule has 4 aromatic rings. The van der Waals surface area contributed by atoms with Gasteiger partial charge in [0.15, 0.2) is 0 Å². The Balaban J connectivity index is 1.22. The monoisotopic (exact) mass is 593 g/mol. The van der Waals surface area contributed by atoms with Crippen LogP contribution in [0.2, 0.25) is 5.02 Å². The van der Waals surface area contributed by atoms with Crippen molar-refractivity contribution in [2.45, 2.75) is 12.7 Å². The van der Waals surface area contributed by atoms with Crippen LogP contribution in [0.3, 0.4) is 0 Å². The zero-order valence-electron chi connectivity index (χ0n) is 22.5. The molecule has 2 aromatic carbocycles. The molecule has 12 heteroatoms. The first-order valence-corrected chi connectivity index (χ1v) is 13.9. The van der Waals surface area contributed by atoms with Crippen molar-refractivity contribution in [2.24, 2.45) is 0 Å². The van der Waals surface area contributed by atoms with Gasteiger partial charge in [-0.1, -0.05) is 23.7 Å². The molecule has 1 N–H and O–H groups in total. The van der Waals surface area contributed by atoms with Gasteiger partial charge in [0.05, 0.1) is 17.4 Å². The molecule has 0 bridgehead atoms. The van der Waals surface area contributed by atoms with Crippen molar-refractivity contribution in [3.8, 4) is 11.1 Å². The summed E-state index contributed by atoms with van der Waals surface area (Å²) in [6.45, 7) is 3.48. The van der Waals surface area contributed by atoms with Crippen LogP contribution in [0, 0.1) is 0 Å². The van der Waals surface area contributed by atoms with Crippen LogP contribution in [0.1, 0.15) is 21.5 Å². The summed E-state index contributed by atoms with van der Waals surface area (Å²) in [5.41, 5.74) is 2.18. The smallest absolute Gasteiger partial charge is 0.367 e. The summed E-state index contributed by atoms with van der Waals surface area (Å²) in [6.07, 6.45) is 2.21. The van der Waals surface area contributed by atoms with Gasteiger partial charge in [-0.15, -0.1) is 0 Å². The lowest BCUT2D eigenvalue weighted by atomic mass is 10.0. The molecular weight excluding hydrogens is 567 g/mol. The number of hydrogen-bond donors (Lipinski definition) is 1. The summed E-state index contributed by atoms with van der Waals surface area (Å²) in [5.74, 6) is 1.32. The average Bonchev–Trinajstić information content (AvgIpc) is 3.01. The third-order valence-electron chi connectivity index (χ3n) is 7.50. The highest BCUT2D eigenvalue weighted by Crippen LogP contribution is 2.37. The van der Waals surface area contributed by atoms with Crippen LogP contribution in [0.15, 0.2) is 73.3 Å². The van der Waals surface area contributed by atoms with Gasteiger partial charge in [-0.3, -0.25) is 9.78 Å². The highest BCUT2D eigenvalue weighted by atomic mass is 35.5. The molecule has 0 spiro atoms. The number of rotatable bonds is 5. The lowest BCUT2D eigenvalue weighted by molar-refractivity contribution is -0.138. The number of amides is 1. The molecule has 0 saturated carbocycles. The zero-order chi connectivity index (χ0) is 29.3. The molecule has 4 heterocycles. The predicted molar refractivity (Wildman–Crippen MR) is 156 cm³/mol. The Bertz CT molecular complexity index is 1590. The molecule has 0 aliphatic carbocycles. The number of pyridine rings is 1. The molecule has 6 rings (SSSR count). The van der Waals surface area contributed by atoms with Crippen LogP contribution < -0.4 is 15.1 Å². The Morgan fingerprint density at radius 2 is 1.76 bits per heavy atom. The molecule has 216 valence electrons. The van der Waals surface area contributed by atoms with E-state index in [-0.39, 0.29) is 23.0 Å². The first-order chi connectivity index (χ1) is 20.3.